The second-order valence-electron chi connectivity index (χ2n) is 4.41. The Kier molecular flexibility index (Phi) is 4.80. The second-order valence-corrected chi connectivity index (χ2v) is 4.41. The zero-order valence-corrected chi connectivity index (χ0v) is 10.5. The molecule has 19 heavy (non-hydrogen) atoms. The molecule has 0 radical (unpaired) electrons. The molecular formula is C12H18N4O3. The van der Waals surface area contributed by atoms with Crippen molar-refractivity contribution in [3.8, 4) is 11.4 Å². The molecule has 7 heteroatoms. The summed E-state index contributed by atoms with van der Waals surface area (Å²) in [5, 5.41) is 30.6. The van der Waals surface area contributed by atoms with Crippen LogP contribution in [0.2, 0.25) is 0 Å². The van der Waals surface area contributed by atoms with Crippen LogP contribution in [0.1, 0.15) is 5.56 Å². The molecule has 2 unspecified atom stereocenters. The molecule has 0 saturated carbocycles. The fourth-order valence-electron chi connectivity index (χ4n) is 1.90. The van der Waals surface area contributed by atoms with Crippen molar-refractivity contribution in [1.29, 1.82) is 0 Å². The van der Waals surface area contributed by atoms with Crippen LogP contribution in [0, 0.1) is 5.92 Å². The van der Waals surface area contributed by atoms with E-state index in [-0.39, 0.29) is 19.1 Å². The molecule has 0 spiro atoms. The molecule has 0 aromatic carbocycles. The Balaban J connectivity index is 1.89. The number of aromatic amines is 1. The predicted octanol–water partition coefficient (Wildman–Crippen LogP) is -1.04. The van der Waals surface area contributed by atoms with Crippen molar-refractivity contribution in [2.45, 2.75) is 12.6 Å². The summed E-state index contributed by atoms with van der Waals surface area (Å²) >= 11 is 0. The molecule has 0 amide bonds. The maximum absolute atomic E-state index is 9.47. The average Bonchev–Trinajstić information content (AvgIpc) is 2.86. The first kappa shape index (κ1) is 13.9. The lowest BCUT2D eigenvalue weighted by atomic mass is 10.0. The maximum Gasteiger partial charge on any atom is 0.105 e. The topological polar surface area (TPSA) is 114 Å². The van der Waals surface area contributed by atoms with Gasteiger partial charge in [0.25, 0.3) is 0 Å². The highest BCUT2D eigenvalue weighted by Gasteiger charge is 2.18. The third-order valence-corrected chi connectivity index (χ3v) is 3.08. The molecular weight excluding hydrogens is 248 g/mol. The number of aliphatic hydroxyl groups is 3. The Bertz CT molecular complexity index is 476. The summed E-state index contributed by atoms with van der Waals surface area (Å²) in [6.45, 7) is 0.416. The van der Waals surface area contributed by atoms with Gasteiger partial charge >= 0.3 is 0 Å². The van der Waals surface area contributed by atoms with Gasteiger partial charge in [0.1, 0.15) is 5.69 Å². The average molecular weight is 266 g/mol. The van der Waals surface area contributed by atoms with E-state index in [1.807, 2.05) is 0 Å². The van der Waals surface area contributed by atoms with Crippen LogP contribution in [0.15, 0.2) is 18.7 Å². The van der Waals surface area contributed by atoms with E-state index in [4.69, 9.17) is 10.2 Å². The van der Waals surface area contributed by atoms with Crippen molar-refractivity contribution >= 4 is 0 Å². The van der Waals surface area contributed by atoms with Gasteiger partial charge < -0.3 is 25.6 Å². The second kappa shape index (κ2) is 6.58. The Hall–Kier alpha value is -1.54. The standard InChI is InChI=1S/C12H18N4O3/c17-5-9(11(19)6-18)2-13-1-8-3-15-10-4-14-7-16-12(8)10/h3-4,7,9,11,13,17-19H,1-2,5-6H2,(H,14,16). The Labute approximate surface area is 110 Å². The van der Waals surface area contributed by atoms with Crippen molar-refractivity contribution in [2.24, 2.45) is 5.92 Å². The minimum atomic E-state index is -0.917. The molecule has 2 heterocycles. The van der Waals surface area contributed by atoms with Crippen molar-refractivity contribution in [2.75, 3.05) is 19.8 Å². The highest BCUT2D eigenvalue weighted by atomic mass is 16.3. The zero-order valence-electron chi connectivity index (χ0n) is 10.5. The summed E-state index contributed by atoms with van der Waals surface area (Å²) in [6, 6.07) is 0. The lowest BCUT2D eigenvalue weighted by molar-refractivity contribution is 0.0228. The van der Waals surface area contributed by atoms with E-state index >= 15 is 0 Å². The number of nitrogens with zero attached hydrogens (tertiary/aromatic N) is 2. The van der Waals surface area contributed by atoms with Gasteiger partial charge in [0, 0.05) is 43.6 Å². The number of H-pyrrole nitrogens is 1. The largest absolute Gasteiger partial charge is 0.396 e. The van der Waals surface area contributed by atoms with Crippen LogP contribution in [0.4, 0.5) is 0 Å². The molecule has 2 atom stereocenters. The van der Waals surface area contributed by atoms with E-state index in [1.54, 1.807) is 18.7 Å². The molecule has 7 nitrogen and oxygen atoms in total. The summed E-state index contributed by atoms with van der Waals surface area (Å²) in [6.07, 6.45) is 4.20. The number of aromatic nitrogens is 3. The third-order valence-electron chi connectivity index (χ3n) is 3.08. The van der Waals surface area contributed by atoms with Crippen LogP contribution in [-0.4, -0.2) is 56.1 Å². The molecule has 2 aliphatic rings. The Morgan fingerprint density at radius 1 is 1.26 bits per heavy atom. The van der Waals surface area contributed by atoms with Crippen LogP contribution < -0.4 is 5.32 Å². The van der Waals surface area contributed by atoms with Crippen LogP contribution in [0.3, 0.4) is 0 Å². The summed E-state index contributed by atoms with van der Waals surface area (Å²) < 4.78 is 0. The van der Waals surface area contributed by atoms with E-state index in [1.165, 1.54) is 0 Å². The van der Waals surface area contributed by atoms with Crippen LogP contribution in [0.25, 0.3) is 11.4 Å². The van der Waals surface area contributed by atoms with Gasteiger partial charge in [-0.25, -0.2) is 4.98 Å². The van der Waals surface area contributed by atoms with Gasteiger partial charge in [0.2, 0.25) is 0 Å². The van der Waals surface area contributed by atoms with Gasteiger partial charge in [0.05, 0.1) is 24.7 Å². The molecule has 0 aromatic heterocycles. The smallest absolute Gasteiger partial charge is 0.105 e. The number of rotatable bonds is 7. The monoisotopic (exact) mass is 266 g/mol. The zero-order chi connectivity index (χ0) is 13.7. The highest BCUT2D eigenvalue weighted by Crippen LogP contribution is 2.20. The number of aliphatic hydroxyl groups excluding tert-OH is 3. The van der Waals surface area contributed by atoms with Crippen molar-refractivity contribution in [3.63, 3.8) is 0 Å². The van der Waals surface area contributed by atoms with E-state index < -0.39 is 6.10 Å². The van der Waals surface area contributed by atoms with E-state index in [2.05, 4.69) is 20.3 Å². The fourth-order valence-corrected chi connectivity index (χ4v) is 1.90. The normalized spacial score (nSPS) is 14.7. The molecule has 2 rings (SSSR count). The lowest BCUT2D eigenvalue weighted by Crippen LogP contribution is -2.35. The van der Waals surface area contributed by atoms with Gasteiger partial charge in [-0.05, 0) is 0 Å². The van der Waals surface area contributed by atoms with Crippen molar-refractivity contribution in [3.05, 3.63) is 24.3 Å². The predicted molar refractivity (Wildman–Crippen MR) is 68.4 cm³/mol. The first-order valence-corrected chi connectivity index (χ1v) is 6.13. The van der Waals surface area contributed by atoms with Crippen molar-refractivity contribution in [1.82, 2.24) is 20.3 Å². The minimum Gasteiger partial charge on any atom is -0.396 e. The summed E-state index contributed by atoms with van der Waals surface area (Å²) in [5.74, 6) is -0.388. The highest BCUT2D eigenvalue weighted by molar-refractivity contribution is 5.59. The molecule has 0 saturated heterocycles. The van der Waals surface area contributed by atoms with Gasteiger partial charge in [0.15, 0.2) is 0 Å². The molecule has 104 valence electrons. The molecule has 0 aromatic rings. The van der Waals surface area contributed by atoms with E-state index in [0.717, 1.165) is 17.0 Å². The van der Waals surface area contributed by atoms with Crippen LogP contribution in [-0.2, 0) is 6.54 Å². The lowest BCUT2D eigenvalue weighted by Gasteiger charge is -2.19. The minimum absolute atomic E-state index is 0.179. The number of hydrogen-bond donors (Lipinski definition) is 5. The molecule has 0 fully saturated rings. The number of fused-ring (bicyclic) bond motifs is 1. The number of nitrogens with one attached hydrogen (secondary N) is 2. The van der Waals surface area contributed by atoms with E-state index in [9.17, 15) is 5.11 Å². The van der Waals surface area contributed by atoms with Gasteiger partial charge in [-0.3, -0.25) is 4.98 Å². The molecule has 0 bridgehead atoms. The Morgan fingerprint density at radius 3 is 2.84 bits per heavy atom. The van der Waals surface area contributed by atoms with E-state index in [0.29, 0.717) is 13.1 Å². The SMILES string of the molecule is OCC(O)C(CO)CNCc1cnc2c[nH]cnc1-2. The summed E-state index contributed by atoms with van der Waals surface area (Å²) in [4.78, 5) is 11.3. The quantitative estimate of drug-likeness (QED) is 0.437. The third kappa shape index (κ3) is 3.27. The number of hydrogen-bond acceptors (Lipinski definition) is 6. The first-order valence-electron chi connectivity index (χ1n) is 6.13. The fraction of sp³-hybridized carbons (Fsp3) is 0.500. The van der Waals surface area contributed by atoms with Gasteiger partial charge in [-0.15, -0.1) is 0 Å². The first-order chi connectivity index (χ1) is 9.26. The molecule has 0 aliphatic carbocycles. The summed E-state index contributed by atoms with van der Waals surface area (Å²) in [5.41, 5.74) is 2.59. The van der Waals surface area contributed by atoms with Crippen molar-refractivity contribution < 1.29 is 15.3 Å². The molecule has 2 aliphatic heterocycles. The van der Waals surface area contributed by atoms with Crippen LogP contribution in [0.5, 0.6) is 0 Å². The maximum atomic E-state index is 9.47. The van der Waals surface area contributed by atoms with Gasteiger partial charge in [-0.2, -0.15) is 0 Å². The summed E-state index contributed by atoms with van der Waals surface area (Å²) in [7, 11) is 0. The Morgan fingerprint density at radius 2 is 2.11 bits per heavy atom. The van der Waals surface area contributed by atoms with Crippen LogP contribution >= 0.6 is 0 Å². The molecule has 5 N–H and O–H groups in total. The van der Waals surface area contributed by atoms with Gasteiger partial charge in [-0.1, -0.05) is 0 Å².